The van der Waals surface area contributed by atoms with Gasteiger partial charge in [0.15, 0.2) is 17.4 Å². The molecule has 13 nitrogen and oxygen atoms in total. The number of aromatic nitrogens is 4. The molecule has 0 bridgehead atoms. The predicted octanol–water partition coefficient (Wildman–Crippen LogP) is 5.94. The highest BCUT2D eigenvalue weighted by Gasteiger charge is 2.31. The molecule has 2 aromatic heterocycles. The minimum Gasteiger partial charge on any atom is -0.479 e. The molecule has 7 rings (SSSR count). The maximum atomic E-state index is 13.6. The molecule has 0 radical (unpaired) electrons. The van der Waals surface area contributed by atoms with Crippen molar-refractivity contribution in [1.82, 2.24) is 28.9 Å². The van der Waals surface area contributed by atoms with E-state index < -0.39 is 35.9 Å². The topological polar surface area (TPSA) is 174 Å². The molecule has 336 valence electrons. The van der Waals surface area contributed by atoms with Gasteiger partial charge in [0, 0.05) is 49.4 Å². The highest BCUT2D eigenvalue weighted by Crippen LogP contribution is 2.32. The van der Waals surface area contributed by atoms with Crippen molar-refractivity contribution in [3.05, 3.63) is 135 Å². The molecule has 2 aliphatic rings. The van der Waals surface area contributed by atoms with Crippen LogP contribution in [0.4, 0.5) is 17.6 Å². The molecule has 2 unspecified atom stereocenters. The van der Waals surface area contributed by atoms with Crippen molar-refractivity contribution >= 4 is 23.7 Å². The van der Waals surface area contributed by atoms with Gasteiger partial charge in [-0.15, -0.1) is 0 Å². The second-order valence-electron chi connectivity index (χ2n) is 15.7. The van der Waals surface area contributed by atoms with Crippen molar-refractivity contribution in [3.63, 3.8) is 0 Å². The molecule has 1 fully saturated rings. The van der Waals surface area contributed by atoms with E-state index in [0.717, 1.165) is 90.6 Å². The first-order valence-corrected chi connectivity index (χ1v) is 21.6. The summed E-state index contributed by atoms with van der Waals surface area (Å²) in [6.07, 6.45) is -0.758. The minimum absolute atomic E-state index is 0.178. The zero-order valence-corrected chi connectivity index (χ0v) is 35.5. The summed E-state index contributed by atoms with van der Waals surface area (Å²) >= 11 is 1.47. The third-order valence-corrected chi connectivity index (χ3v) is 12.2. The van der Waals surface area contributed by atoms with E-state index in [-0.39, 0.29) is 11.4 Å². The molecule has 4 N–H and O–H groups in total. The molecule has 0 amide bonds. The van der Waals surface area contributed by atoms with Crippen molar-refractivity contribution in [2.45, 2.75) is 87.5 Å². The summed E-state index contributed by atoms with van der Waals surface area (Å²) in [5.74, 6) is -2.44. The van der Waals surface area contributed by atoms with Gasteiger partial charge in [0.1, 0.15) is 11.6 Å². The Bertz CT molecular complexity index is 2370. The standard InChI is InChI=1S/C41H44F4N6OS.C4H6O6/c1-48(22-23-49-20-3-2-4-21-49)26-35-24-46-38(50(35)25-29-8-12-31(13-9-29)32-14-16-33(17-15-32)41(43,44)45)27-51-37-7-5-6-36(37)39(52)47-40(51)53-28-30-10-18-34(42)19-11-30;5-1(3(7)8)2(6)4(9)10/h8-19,24H,2-7,20-23,25-28H2,1H3;1-2,5-6H,(H,7,8)(H,9,10). The number of halogens is 4. The normalized spacial score (nSPS) is 15.1. The van der Waals surface area contributed by atoms with Crippen LogP contribution in [-0.2, 0) is 54.0 Å². The summed E-state index contributed by atoms with van der Waals surface area (Å²) in [6, 6.07) is 19.6. The number of aliphatic hydroxyl groups excluding tert-OH is 2. The van der Waals surface area contributed by atoms with Crippen LogP contribution < -0.4 is 5.56 Å². The van der Waals surface area contributed by atoms with E-state index in [2.05, 4.69) is 31.0 Å². The molecule has 0 spiro atoms. The smallest absolute Gasteiger partial charge is 0.416 e. The van der Waals surface area contributed by atoms with Gasteiger partial charge in [-0.05, 0) is 98.8 Å². The number of benzene rings is 3. The van der Waals surface area contributed by atoms with Crippen LogP contribution in [0.2, 0.25) is 0 Å². The maximum Gasteiger partial charge on any atom is 0.416 e. The van der Waals surface area contributed by atoms with E-state index in [1.54, 1.807) is 12.1 Å². The van der Waals surface area contributed by atoms with Crippen LogP contribution in [0.5, 0.6) is 0 Å². The summed E-state index contributed by atoms with van der Waals surface area (Å²) in [7, 11) is 2.14. The Kier molecular flexibility index (Phi) is 15.9. The number of piperidine rings is 1. The number of hydrogen-bond acceptors (Lipinski definition) is 10. The summed E-state index contributed by atoms with van der Waals surface area (Å²) in [5, 5.41) is 33.1. The van der Waals surface area contributed by atoms with Crippen LogP contribution in [0.25, 0.3) is 11.1 Å². The molecule has 0 saturated carbocycles. The van der Waals surface area contributed by atoms with Gasteiger partial charge in [-0.3, -0.25) is 9.69 Å². The van der Waals surface area contributed by atoms with Gasteiger partial charge in [-0.1, -0.05) is 66.7 Å². The molecule has 63 heavy (non-hydrogen) atoms. The Morgan fingerprint density at radius 1 is 0.810 bits per heavy atom. The highest BCUT2D eigenvalue weighted by molar-refractivity contribution is 7.98. The van der Waals surface area contributed by atoms with Crippen molar-refractivity contribution in [2.24, 2.45) is 0 Å². The quantitative estimate of drug-likeness (QED) is 0.0523. The SMILES string of the molecule is CN(CCN1CCCCC1)Cc1cnc(Cn2c(SCc3ccc(F)cc3)nc(=O)c3c2CCC3)n1Cc1ccc(-c2ccc(C(F)(F)F)cc2)cc1.O=C(O)C(O)C(O)C(=O)O. The summed E-state index contributed by atoms with van der Waals surface area (Å²) in [6.45, 7) is 5.94. The van der Waals surface area contributed by atoms with Crippen LogP contribution in [0.3, 0.4) is 0 Å². The fourth-order valence-corrected chi connectivity index (χ4v) is 8.55. The first-order valence-electron chi connectivity index (χ1n) is 20.6. The van der Waals surface area contributed by atoms with E-state index >= 15 is 0 Å². The summed E-state index contributed by atoms with van der Waals surface area (Å²) in [5.41, 5.74) is 5.52. The molecule has 5 aromatic rings. The third-order valence-electron chi connectivity index (χ3n) is 11.1. The predicted molar refractivity (Wildman–Crippen MR) is 228 cm³/mol. The highest BCUT2D eigenvalue weighted by atomic mass is 32.2. The Balaban J connectivity index is 0.000000590. The zero-order chi connectivity index (χ0) is 45.3. The van der Waals surface area contributed by atoms with Crippen molar-refractivity contribution in [3.8, 4) is 11.1 Å². The number of fused-ring (bicyclic) bond motifs is 1. The number of aliphatic hydroxyl groups is 2. The number of hydrogen-bond donors (Lipinski definition) is 4. The van der Waals surface area contributed by atoms with Crippen molar-refractivity contribution in [2.75, 3.05) is 33.2 Å². The van der Waals surface area contributed by atoms with Gasteiger partial charge in [0.05, 0.1) is 17.8 Å². The number of carboxylic acids is 2. The number of alkyl halides is 3. The second-order valence-corrected chi connectivity index (χ2v) is 16.7. The lowest BCUT2D eigenvalue weighted by Crippen LogP contribution is -2.39. The molecule has 3 aromatic carbocycles. The number of rotatable bonds is 16. The maximum absolute atomic E-state index is 13.6. The van der Waals surface area contributed by atoms with Gasteiger partial charge in [0.25, 0.3) is 5.56 Å². The van der Waals surface area contributed by atoms with Crippen molar-refractivity contribution < 1.29 is 47.6 Å². The fourth-order valence-electron chi connectivity index (χ4n) is 7.59. The number of likely N-dealkylation sites (N-methyl/N-ethyl adjacent to an activating group) is 1. The van der Waals surface area contributed by atoms with Crippen molar-refractivity contribution in [1.29, 1.82) is 0 Å². The van der Waals surface area contributed by atoms with Gasteiger partial charge < -0.3 is 34.5 Å². The lowest BCUT2D eigenvalue weighted by molar-refractivity contribution is -0.165. The van der Waals surface area contributed by atoms with Crippen LogP contribution in [0, 0.1) is 5.82 Å². The van der Waals surface area contributed by atoms with Gasteiger partial charge in [0.2, 0.25) is 0 Å². The van der Waals surface area contributed by atoms with Crippen LogP contribution in [-0.4, -0.2) is 107 Å². The Morgan fingerprint density at radius 3 is 2.02 bits per heavy atom. The number of nitrogens with zero attached hydrogens (tertiary/aromatic N) is 6. The van der Waals surface area contributed by atoms with Gasteiger partial charge >= 0.3 is 18.1 Å². The number of carbonyl (C=O) groups is 2. The van der Waals surface area contributed by atoms with E-state index in [0.29, 0.717) is 42.5 Å². The molecule has 3 heterocycles. The number of carboxylic acid groups (broad SMARTS) is 2. The van der Waals surface area contributed by atoms with Gasteiger partial charge in [-0.2, -0.15) is 18.2 Å². The number of thioether (sulfide) groups is 1. The Hall–Kier alpha value is -5.40. The Morgan fingerprint density at radius 2 is 1.41 bits per heavy atom. The van der Waals surface area contributed by atoms with Crippen LogP contribution in [0.1, 0.15) is 65.1 Å². The number of imidazole rings is 1. The molecular formula is C45H50F4N6O7S. The van der Waals surface area contributed by atoms with E-state index in [9.17, 15) is 31.9 Å². The zero-order valence-electron chi connectivity index (χ0n) is 34.7. The molecule has 1 saturated heterocycles. The molecular weight excluding hydrogens is 845 g/mol. The molecule has 1 aliphatic heterocycles. The average Bonchev–Trinajstić information content (AvgIpc) is 3.91. The second kappa shape index (κ2) is 21.3. The fraction of sp³-hybridized carbons (Fsp3) is 0.400. The molecule has 18 heteroatoms. The van der Waals surface area contributed by atoms with Crippen LogP contribution >= 0.6 is 11.8 Å². The first-order chi connectivity index (χ1) is 30.1. The van der Waals surface area contributed by atoms with E-state index in [1.165, 1.54) is 55.3 Å². The molecule has 1 aliphatic carbocycles. The average molecular weight is 895 g/mol. The summed E-state index contributed by atoms with van der Waals surface area (Å²) in [4.78, 5) is 47.1. The minimum atomic E-state index is -4.38. The van der Waals surface area contributed by atoms with Gasteiger partial charge in [-0.25, -0.2) is 19.0 Å². The lowest BCUT2D eigenvalue weighted by Gasteiger charge is -2.28. The lowest BCUT2D eigenvalue weighted by atomic mass is 10.0. The van der Waals surface area contributed by atoms with E-state index in [1.807, 2.05) is 30.5 Å². The third kappa shape index (κ3) is 12.6. The molecule has 2 atom stereocenters. The number of likely N-dealkylation sites (tertiary alicyclic amines) is 1. The van der Waals surface area contributed by atoms with E-state index in [4.69, 9.17) is 25.4 Å². The first kappa shape index (κ1) is 47.1. The largest absolute Gasteiger partial charge is 0.479 e. The monoisotopic (exact) mass is 894 g/mol. The van der Waals surface area contributed by atoms with Crippen LogP contribution in [0.15, 0.2) is 88.9 Å². The number of aliphatic carboxylic acids is 2. The summed E-state index contributed by atoms with van der Waals surface area (Å²) < 4.78 is 57.4. The Labute approximate surface area is 365 Å².